The van der Waals surface area contributed by atoms with Crippen molar-refractivity contribution in [1.29, 1.82) is 0 Å². The van der Waals surface area contributed by atoms with Crippen molar-refractivity contribution < 1.29 is 9.13 Å². The van der Waals surface area contributed by atoms with Crippen LogP contribution in [0.2, 0.25) is 0 Å². The fraction of sp³-hybridized carbons (Fsp3) is 0.647. The maximum atomic E-state index is 13.7. The van der Waals surface area contributed by atoms with Crippen molar-refractivity contribution in [1.82, 2.24) is 9.80 Å². The first kappa shape index (κ1) is 14.9. The van der Waals surface area contributed by atoms with Gasteiger partial charge in [-0.3, -0.25) is 4.90 Å². The van der Waals surface area contributed by atoms with Crippen molar-refractivity contribution in [2.45, 2.75) is 25.0 Å². The van der Waals surface area contributed by atoms with Crippen molar-refractivity contribution in [2.75, 3.05) is 40.3 Å². The molecule has 1 aromatic carbocycles. The number of ether oxygens (including phenoxy) is 1. The minimum absolute atomic E-state index is 0.0429. The molecule has 2 aliphatic rings. The van der Waals surface area contributed by atoms with E-state index in [-0.39, 0.29) is 11.4 Å². The van der Waals surface area contributed by atoms with Gasteiger partial charge in [-0.15, -0.1) is 0 Å². The molecule has 1 atom stereocenters. The summed E-state index contributed by atoms with van der Waals surface area (Å²) in [7, 11) is 4.24. The highest BCUT2D eigenvalue weighted by molar-refractivity contribution is 5.18. The first-order valence-corrected chi connectivity index (χ1v) is 7.83. The van der Waals surface area contributed by atoms with Crippen LogP contribution in [0.4, 0.5) is 4.39 Å². The Labute approximate surface area is 126 Å². The standard InChI is InChI=1S/C17H25FN2O/c1-19(2)9-7-15-8-10-21-17(15)12-20(13-17)11-14-5-3-4-6-16(14)18/h3-6,15H,7-13H2,1-2H3/t15-/m1/s1. The number of benzene rings is 1. The average Bonchev–Trinajstić information content (AvgIpc) is 2.82. The molecule has 4 heteroatoms. The second-order valence-corrected chi connectivity index (χ2v) is 6.73. The Morgan fingerprint density at radius 3 is 2.81 bits per heavy atom. The average molecular weight is 292 g/mol. The SMILES string of the molecule is CN(C)CC[C@@H]1CCOC12CN(Cc1ccccc1F)C2. The molecule has 1 spiro atoms. The van der Waals surface area contributed by atoms with E-state index < -0.39 is 0 Å². The Balaban J connectivity index is 1.55. The number of hydrogen-bond donors (Lipinski definition) is 0. The van der Waals surface area contributed by atoms with Crippen LogP contribution < -0.4 is 0 Å². The summed E-state index contributed by atoms with van der Waals surface area (Å²) in [6.45, 7) is 4.58. The zero-order valence-corrected chi connectivity index (χ0v) is 13.0. The summed E-state index contributed by atoms with van der Waals surface area (Å²) in [6, 6.07) is 7.06. The maximum absolute atomic E-state index is 13.7. The molecule has 0 saturated carbocycles. The van der Waals surface area contributed by atoms with Gasteiger partial charge >= 0.3 is 0 Å². The summed E-state index contributed by atoms with van der Waals surface area (Å²) in [4.78, 5) is 4.54. The van der Waals surface area contributed by atoms with Crippen molar-refractivity contribution in [3.05, 3.63) is 35.6 Å². The number of hydrogen-bond acceptors (Lipinski definition) is 3. The summed E-state index contributed by atoms with van der Waals surface area (Å²) in [5.41, 5.74) is 0.830. The fourth-order valence-corrected chi connectivity index (χ4v) is 3.65. The lowest BCUT2D eigenvalue weighted by Crippen LogP contribution is -2.64. The highest BCUT2D eigenvalue weighted by Crippen LogP contribution is 2.42. The molecular weight excluding hydrogens is 267 g/mol. The lowest BCUT2D eigenvalue weighted by molar-refractivity contribution is -0.137. The molecule has 2 aliphatic heterocycles. The van der Waals surface area contributed by atoms with Gasteiger partial charge in [0.15, 0.2) is 0 Å². The highest BCUT2D eigenvalue weighted by atomic mass is 19.1. The third-order valence-corrected chi connectivity index (χ3v) is 4.86. The Kier molecular flexibility index (Phi) is 4.29. The van der Waals surface area contributed by atoms with Crippen LogP contribution in [0.25, 0.3) is 0 Å². The molecule has 116 valence electrons. The first-order chi connectivity index (χ1) is 10.1. The van der Waals surface area contributed by atoms with Crippen LogP contribution in [0.1, 0.15) is 18.4 Å². The minimum atomic E-state index is -0.102. The van der Waals surface area contributed by atoms with Crippen molar-refractivity contribution in [2.24, 2.45) is 5.92 Å². The molecule has 0 bridgehead atoms. The zero-order chi connectivity index (χ0) is 14.9. The number of likely N-dealkylation sites (tertiary alicyclic amines) is 1. The molecule has 0 aromatic heterocycles. The summed E-state index contributed by atoms with van der Waals surface area (Å²) in [6.07, 6.45) is 2.36. The van der Waals surface area contributed by atoms with Gasteiger partial charge in [-0.1, -0.05) is 18.2 Å². The smallest absolute Gasteiger partial charge is 0.127 e. The van der Waals surface area contributed by atoms with Crippen LogP contribution in [0.3, 0.4) is 0 Å². The number of halogens is 1. The Morgan fingerprint density at radius 2 is 2.10 bits per heavy atom. The number of nitrogens with zero attached hydrogens (tertiary/aromatic N) is 2. The maximum Gasteiger partial charge on any atom is 0.127 e. The van der Waals surface area contributed by atoms with Gasteiger partial charge in [0.25, 0.3) is 0 Å². The molecule has 2 fully saturated rings. The monoisotopic (exact) mass is 292 g/mol. The molecule has 2 saturated heterocycles. The van der Waals surface area contributed by atoms with E-state index in [1.165, 1.54) is 18.9 Å². The second-order valence-electron chi connectivity index (χ2n) is 6.73. The molecule has 0 radical (unpaired) electrons. The quantitative estimate of drug-likeness (QED) is 0.828. The van der Waals surface area contributed by atoms with Gasteiger partial charge in [0.2, 0.25) is 0 Å². The topological polar surface area (TPSA) is 15.7 Å². The minimum Gasteiger partial charge on any atom is -0.372 e. The molecule has 2 heterocycles. The van der Waals surface area contributed by atoms with E-state index in [4.69, 9.17) is 4.74 Å². The molecule has 0 unspecified atom stereocenters. The van der Waals surface area contributed by atoms with E-state index in [0.29, 0.717) is 12.5 Å². The normalized spacial score (nSPS) is 24.7. The van der Waals surface area contributed by atoms with Gasteiger partial charge in [0.1, 0.15) is 5.82 Å². The fourth-order valence-electron chi connectivity index (χ4n) is 3.65. The van der Waals surface area contributed by atoms with Crippen LogP contribution >= 0.6 is 0 Å². The van der Waals surface area contributed by atoms with Crippen LogP contribution in [0, 0.1) is 11.7 Å². The molecule has 1 aromatic rings. The van der Waals surface area contributed by atoms with E-state index in [1.807, 2.05) is 12.1 Å². The Morgan fingerprint density at radius 1 is 1.33 bits per heavy atom. The largest absolute Gasteiger partial charge is 0.372 e. The Hall–Kier alpha value is -0.970. The van der Waals surface area contributed by atoms with E-state index in [0.717, 1.165) is 31.8 Å². The molecule has 0 aliphatic carbocycles. The zero-order valence-electron chi connectivity index (χ0n) is 13.0. The molecular formula is C17H25FN2O. The van der Waals surface area contributed by atoms with Gasteiger partial charge in [-0.05, 0) is 45.5 Å². The van der Waals surface area contributed by atoms with Gasteiger partial charge in [0, 0.05) is 31.8 Å². The van der Waals surface area contributed by atoms with Crippen LogP contribution in [0.15, 0.2) is 24.3 Å². The third-order valence-electron chi connectivity index (χ3n) is 4.86. The van der Waals surface area contributed by atoms with Crippen LogP contribution in [-0.4, -0.2) is 55.7 Å². The summed E-state index contributed by atoms with van der Waals surface area (Å²) < 4.78 is 19.8. The Bertz CT molecular complexity index is 485. The summed E-state index contributed by atoms with van der Waals surface area (Å²) in [5.74, 6) is 0.548. The molecule has 21 heavy (non-hydrogen) atoms. The van der Waals surface area contributed by atoms with E-state index in [9.17, 15) is 4.39 Å². The third kappa shape index (κ3) is 3.12. The van der Waals surface area contributed by atoms with Gasteiger partial charge in [0.05, 0.1) is 5.60 Å². The lowest BCUT2D eigenvalue weighted by atomic mass is 9.78. The summed E-state index contributed by atoms with van der Waals surface area (Å²) in [5, 5.41) is 0. The first-order valence-electron chi connectivity index (χ1n) is 7.83. The highest BCUT2D eigenvalue weighted by Gasteiger charge is 2.52. The van der Waals surface area contributed by atoms with Crippen molar-refractivity contribution in [3.8, 4) is 0 Å². The van der Waals surface area contributed by atoms with Crippen molar-refractivity contribution >= 4 is 0 Å². The van der Waals surface area contributed by atoms with Crippen LogP contribution in [0.5, 0.6) is 0 Å². The van der Waals surface area contributed by atoms with E-state index in [1.54, 1.807) is 6.07 Å². The van der Waals surface area contributed by atoms with Gasteiger partial charge < -0.3 is 9.64 Å². The van der Waals surface area contributed by atoms with Gasteiger partial charge in [-0.2, -0.15) is 0 Å². The second kappa shape index (κ2) is 6.03. The predicted molar refractivity (Wildman–Crippen MR) is 81.6 cm³/mol. The molecule has 0 N–H and O–H groups in total. The van der Waals surface area contributed by atoms with E-state index >= 15 is 0 Å². The molecule has 3 rings (SSSR count). The predicted octanol–water partition coefficient (Wildman–Crippen LogP) is 2.37. The molecule has 3 nitrogen and oxygen atoms in total. The van der Waals surface area contributed by atoms with Gasteiger partial charge in [-0.25, -0.2) is 4.39 Å². The van der Waals surface area contributed by atoms with Crippen molar-refractivity contribution in [3.63, 3.8) is 0 Å². The summed E-state index contributed by atoms with van der Waals surface area (Å²) >= 11 is 0. The molecule has 0 amide bonds. The van der Waals surface area contributed by atoms with Crippen LogP contribution in [-0.2, 0) is 11.3 Å². The lowest BCUT2D eigenvalue weighted by Gasteiger charge is -2.50. The number of rotatable bonds is 5. The van der Waals surface area contributed by atoms with E-state index in [2.05, 4.69) is 23.9 Å².